The molecule has 1 aliphatic heterocycles. The van der Waals surface area contributed by atoms with Gasteiger partial charge in [-0.25, -0.2) is 0 Å². The Labute approximate surface area is 90.7 Å². The fourth-order valence-electron chi connectivity index (χ4n) is 1.65. The summed E-state index contributed by atoms with van der Waals surface area (Å²) in [7, 11) is 0. The van der Waals surface area contributed by atoms with Crippen molar-refractivity contribution in [3.8, 4) is 0 Å². The fourth-order valence-corrected chi connectivity index (χ4v) is 1.65. The standard InChI is InChI=1S/C11H10F3NO/c12-11(13,14)10(16)15-7-9(15)6-8-4-2-1-3-5-8/h1-5,9H,6-7H2/t9-,15?/m0/s1. The van der Waals surface area contributed by atoms with Crippen LogP contribution in [0.3, 0.4) is 0 Å². The first kappa shape index (κ1) is 11.0. The van der Waals surface area contributed by atoms with Gasteiger partial charge >= 0.3 is 12.1 Å². The SMILES string of the molecule is O=C(N1C[C@@H]1Cc1ccccc1)C(F)(F)F. The van der Waals surface area contributed by atoms with Crippen LogP contribution in [0.15, 0.2) is 30.3 Å². The van der Waals surface area contributed by atoms with Gasteiger partial charge in [0.2, 0.25) is 0 Å². The molecule has 1 atom stereocenters. The van der Waals surface area contributed by atoms with E-state index >= 15 is 0 Å². The topological polar surface area (TPSA) is 20.1 Å². The summed E-state index contributed by atoms with van der Waals surface area (Å²) in [5.41, 5.74) is 0.949. The van der Waals surface area contributed by atoms with E-state index in [4.69, 9.17) is 0 Å². The summed E-state index contributed by atoms with van der Waals surface area (Å²) in [5, 5.41) is 0. The van der Waals surface area contributed by atoms with Crippen LogP contribution in [0.4, 0.5) is 13.2 Å². The molecule has 0 aliphatic carbocycles. The van der Waals surface area contributed by atoms with E-state index in [0.717, 1.165) is 10.5 Å². The van der Waals surface area contributed by atoms with E-state index in [1.165, 1.54) is 0 Å². The molecule has 1 heterocycles. The number of rotatable bonds is 2. The first-order valence-electron chi connectivity index (χ1n) is 4.90. The van der Waals surface area contributed by atoms with E-state index in [9.17, 15) is 18.0 Å². The van der Waals surface area contributed by atoms with E-state index in [1.807, 2.05) is 30.3 Å². The predicted octanol–water partition coefficient (Wildman–Crippen LogP) is 2.00. The second-order valence-electron chi connectivity index (χ2n) is 3.80. The van der Waals surface area contributed by atoms with Crippen molar-refractivity contribution >= 4 is 5.91 Å². The number of carbonyl (C=O) groups is 1. The molecule has 0 unspecified atom stereocenters. The van der Waals surface area contributed by atoms with E-state index < -0.39 is 12.1 Å². The van der Waals surface area contributed by atoms with Crippen molar-refractivity contribution in [2.24, 2.45) is 0 Å². The molecular weight excluding hydrogens is 219 g/mol. The Balaban J connectivity index is 1.91. The van der Waals surface area contributed by atoms with Gasteiger partial charge in [0.25, 0.3) is 0 Å². The zero-order valence-corrected chi connectivity index (χ0v) is 8.37. The number of alkyl halides is 3. The van der Waals surface area contributed by atoms with E-state index in [-0.39, 0.29) is 12.6 Å². The Bertz CT molecular complexity index is 388. The maximum atomic E-state index is 12.1. The summed E-state index contributed by atoms with van der Waals surface area (Å²) >= 11 is 0. The molecule has 5 heteroatoms. The maximum absolute atomic E-state index is 12.1. The number of carbonyl (C=O) groups excluding carboxylic acids is 1. The summed E-state index contributed by atoms with van der Waals surface area (Å²) in [4.78, 5) is 11.7. The van der Waals surface area contributed by atoms with Gasteiger partial charge in [-0.3, -0.25) is 4.79 Å². The zero-order chi connectivity index (χ0) is 11.8. The average Bonchev–Trinajstić information content (AvgIpc) is 2.96. The highest BCUT2D eigenvalue weighted by Crippen LogP contribution is 2.29. The van der Waals surface area contributed by atoms with Crippen molar-refractivity contribution in [1.29, 1.82) is 0 Å². The van der Waals surface area contributed by atoms with Gasteiger partial charge < -0.3 is 4.90 Å². The van der Waals surface area contributed by atoms with Crippen LogP contribution in [0.2, 0.25) is 0 Å². The first-order chi connectivity index (χ1) is 7.48. The molecule has 2 nitrogen and oxygen atoms in total. The van der Waals surface area contributed by atoms with Gasteiger partial charge in [-0.2, -0.15) is 13.2 Å². The minimum absolute atomic E-state index is 0.202. The molecule has 1 aromatic carbocycles. The van der Waals surface area contributed by atoms with Crippen molar-refractivity contribution in [3.05, 3.63) is 35.9 Å². The molecule has 0 aromatic heterocycles. The summed E-state index contributed by atoms with van der Waals surface area (Å²) < 4.78 is 36.2. The van der Waals surface area contributed by atoms with Crippen LogP contribution in [0, 0.1) is 0 Å². The summed E-state index contributed by atoms with van der Waals surface area (Å²) in [6.45, 7) is 0.202. The number of hydrogen-bond acceptors (Lipinski definition) is 1. The molecule has 1 aliphatic rings. The van der Waals surface area contributed by atoms with Crippen molar-refractivity contribution in [3.63, 3.8) is 0 Å². The van der Waals surface area contributed by atoms with E-state index in [1.54, 1.807) is 0 Å². The molecule has 0 saturated carbocycles. The van der Waals surface area contributed by atoms with E-state index in [2.05, 4.69) is 0 Å². The van der Waals surface area contributed by atoms with Crippen molar-refractivity contribution < 1.29 is 18.0 Å². The van der Waals surface area contributed by atoms with Gasteiger partial charge in [0.1, 0.15) is 0 Å². The molecule has 16 heavy (non-hydrogen) atoms. The monoisotopic (exact) mass is 229 g/mol. The minimum Gasteiger partial charge on any atom is -0.328 e. The Morgan fingerprint density at radius 3 is 2.50 bits per heavy atom. The maximum Gasteiger partial charge on any atom is 0.471 e. The Morgan fingerprint density at radius 1 is 1.31 bits per heavy atom. The molecule has 2 rings (SSSR count). The largest absolute Gasteiger partial charge is 0.471 e. The zero-order valence-electron chi connectivity index (χ0n) is 8.37. The van der Waals surface area contributed by atoms with Gasteiger partial charge in [0, 0.05) is 6.54 Å². The van der Waals surface area contributed by atoms with Crippen LogP contribution in [-0.2, 0) is 11.2 Å². The van der Waals surface area contributed by atoms with Crippen LogP contribution < -0.4 is 0 Å². The third-order valence-corrected chi connectivity index (χ3v) is 2.53. The number of hydrogen-bond donors (Lipinski definition) is 0. The van der Waals surface area contributed by atoms with Gasteiger partial charge in [0.15, 0.2) is 0 Å². The lowest BCUT2D eigenvalue weighted by atomic mass is 10.1. The molecule has 1 fully saturated rings. The summed E-state index contributed by atoms with van der Waals surface area (Å²) in [6.07, 6.45) is -4.26. The smallest absolute Gasteiger partial charge is 0.328 e. The average molecular weight is 229 g/mol. The molecule has 0 radical (unpaired) electrons. The van der Waals surface area contributed by atoms with Crippen LogP contribution in [0.25, 0.3) is 0 Å². The third-order valence-electron chi connectivity index (χ3n) is 2.53. The molecule has 0 bridgehead atoms. The second-order valence-corrected chi connectivity index (χ2v) is 3.80. The van der Waals surface area contributed by atoms with Crippen LogP contribution in [0.5, 0.6) is 0 Å². The van der Waals surface area contributed by atoms with Gasteiger partial charge in [-0.15, -0.1) is 0 Å². The van der Waals surface area contributed by atoms with Gasteiger partial charge in [0.05, 0.1) is 6.04 Å². The molecule has 1 aromatic rings. The molecule has 0 spiro atoms. The quantitative estimate of drug-likeness (QED) is 0.710. The normalized spacial score (nSPS) is 19.7. The molecule has 1 amide bonds. The Hall–Kier alpha value is -1.52. The Morgan fingerprint density at radius 2 is 1.94 bits per heavy atom. The predicted molar refractivity (Wildman–Crippen MR) is 51.7 cm³/mol. The number of halogens is 3. The molecular formula is C11H10F3NO. The lowest BCUT2D eigenvalue weighted by Gasteiger charge is -2.07. The van der Waals surface area contributed by atoms with Crippen LogP contribution in [0.1, 0.15) is 5.56 Å². The van der Waals surface area contributed by atoms with Crippen molar-refractivity contribution in [2.45, 2.75) is 18.6 Å². The first-order valence-corrected chi connectivity index (χ1v) is 4.90. The minimum atomic E-state index is -4.74. The van der Waals surface area contributed by atoms with E-state index in [0.29, 0.717) is 6.42 Å². The van der Waals surface area contributed by atoms with Crippen LogP contribution in [-0.4, -0.2) is 29.6 Å². The van der Waals surface area contributed by atoms with Crippen molar-refractivity contribution in [1.82, 2.24) is 4.90 Å². The lowest BCUT2D eigenvalue weighted by molar-refractivity contribution is -0.179. The molecule has 1 saturated heterocycles. The number of amides is 1. The number of benzene rings is 1. The second kappa shape index (κ2) is 3.81. The van der Waals surface area contributed by atoms with Gasteiger partial charge in [-0.05, 0) is 12.0 Å². The molecule has 86 valence electrons. The summed E-state index contributed by atoms with van der Waals surface area (Å²) in [6, 6.07) is 8.89. The summed E-state index contributed by atoms with van der Waals surface area (Å²) in [5.74, 6) is -1.73. The number of nitrogens with zero attached hydrogens (tertiary/aromatic N) is 1. The highest BCUT2D eigenvalue weighted by Gasteiger charge is 2.51. The van der Waals surface area contributed by atoms with Crippen LogP contribution >= 0.6 is 0 Å². The highest BCUT2D eigenvalue weighted by atomic mass is 19.4. The van der Waals surface area contributed by atoms with Gasteiger partial charge in [-0.1, -0.05) is 30.3 Å². The Kier molecular flexibility index (Phi) is 2.61. The molecule has 0 N–H and O–H groups in total. The van der Waals surface area contributed by atoms with Crippen molar-refractivity contribution in [2.75, 3.05) is 6.54 Å². The highest BCUT2D eigenvalue weighted by molar-refractivity contribution is 5.84. The lowest BCUT2D eigenvalue weighted by Crippen LogP contribution is -2.31. The third kappa shape index (κ3) is 2.35. The fraction of sp³-hybridized carbons (Fsp3) is 0.364.